The van der Waals surface area contributed by atoms with Crippen LogP contribution in [0.2, 0.25) is 5.02 Å². The first-order valence-electron chi connectivity index (χ1n) is 8.96. The van der Waals surface area contributed by atoms with Crippen LogP contribution in [-0.4, -0.2) is 45.3 Å². The molecular weight excluding hydrogens is 364 g/mol. The van der Waals surface area contributed by atoms with Crippen molar-refractivity contribution in [1.82, 2.24) is 19.7 Å². The number of carbonyl (C=O) groups is 1. The molecule has 0 spiro atoms. The van der Waals surface area contributed by atoms with E-state index in [1.165, 1.54) is 0 Å². The number of pyridine rings is 1. The number of rotatable bonds is 3. The molecule has 27 heavy (non-hydrogen) atoms. The number of hydrogen-bond donors (Lipinski definition) is 0. The molecule has 0 bridgehead atoms. The van der Waals surface area contributed by atoms with Crippen LogP contribution in [0.3, 0.4) is 0 Å². The van der Waals surface area contributed by atoms with Gasteiger partial charge in [-0.15, -0.1) is 0 Å². The predicted octanol–water partition coefficient (Wildman–Crippen LogP) is 3.30. The number of halogens is 1. The molecule has 0 unspecified atom stereocenters. The lowest BCUT2D eigenvalue weighted by atomic mass is 10.1. The second kappa shape index (κ2) is 7.29. The number of ether oxygens (including phenoxy) is 1. The Kier molecular flexibility index (Phi) is 4.85. The number of morpholine rings is 1. The zero-order valence-electron chi connectivity index (χ0n) is 15.4. The molecule has 1 fully saturated rings. The molecule has 3 aromatic rings. The minimum atomic E-state index is -0.226. The molecule has 0 aliphatic carbocycles. The molecule has 1 aliphatic heterocycles. The fourth-order valence-electron chi connectivity index (χ4n) is 3.39. The first kappa shape index (κ1) is 17.9. The highest BCUT2D eigenvalue weighted by atomic mass is 35.5. The summed E-state index contributed by atoms with van der Waals surface area (Å²) < 4.78 is 7.56. The van der Waals surface area contributed by atoms with Crippen LogP contribution in [0.4, 0.5) is 0 Å². The Hall–Kier alpha value is -2.44. The van der Waals surface area contributed by atoms with Crippen molar-refractivity contribution in [3.05, 3.63) is 58.6 Å². The average molecular weight is 385 g/mol. The van der Waals surface area contributed by atoms with Crippen LogP contribution in [0.15, 0.2) is 36.5 Å². The van der Waals surface area contributed by atoms with Crippen molar-refractivity contribution in [2.75, 3.05) is 19.7 Å². The lowest BCUT2D eigenvalue weighted by Gasteiger charge is -2.32. The molecule has 1 aromatic carbocycles. The van der Waals surface area contributed by atoms with E-state index in [1.807, 2.05) is 49.2 Å². The standard InChI is InChI=1S/C20H21ClN4O2/c1-13-20(21)14(2)25(23-13)12-19(26)24-7-8-27-18(11-24)17-9-15-5-3-4-6-16(15)10-22-17/h3-6,9-10,18H,7-8,11-12H2,1-2H3/t18-/m0/s1. The van der Waals surface area contributed by atoms with Crippen molar-refractivity contribution >= 4 is 28.3 Å². The van der Waals surface area contributed by atoms with Gasteiger partial charge in [0.1, 0.15) is 12.6 Å². The van der Waals surface area contributed by atoms with E-state index in [4.69, 9.17) is 16.3 Å². The Morgan fingerprint density at radius 3 is 2.81 bits per heavy atom. The lowest BCUT2D eigenvalue weighted by molar-refractivity contribution is -0.140. The molecule has 3 heterocycles. The Morgan fingerprint density at radius 1 is 1.30 bits per heavy atom. The van der Waals surface area contributed by atoms with Crippen LogP contribution in [-0.2, 0) is 16.1 Å². The van der Waals surface area contributed by atoms with E-state index in [0.717, 1.165) is 27.9 Å². The quantitative estimate of drug-likeness (QED) is 0.695. The topological polar surface area (TPSA) is 60.2 Å². The molecule has 1 atom stereocenters. The summed E-state index contributed by atoms with van der Waals surface area (Å²) in [5.74, 6) is 0.00589. The normalized spacial score (nSPS) is 17.4. The van der Waals surface area contributed by atoms with Gasteiger partial charge in [0, 0.05) is 18.1 Å². The van der Waals surface area contributed by atoms with Crippen LogP contribution in [0.5, 0.6) is 0 Å². The molecule has 2 aromatic heterocycles. The van der Waals surface area contributed by atoms with Gasteiger partial charge in [0.05, 0.1) is 35.3 Å². The second-order valence-corrected chi connectivity index (χ2v) is 7.18. The SMILES string of the molecule is Cc1nn(CC(=O)N2CCO[C@H](c3cc4ccccc4cn3)C2)c(C)c1Cl. The van der Waals surface area contributed by atoms with Crippen LogP contribution in [0, 0.1) is 13.8 Å². The fraction of sp³-hybridized carbons (Fsp3) is 0.350. The second-order valence-electron chi connectivity index (χ2n) is 6.80. The van der Waals surface area contributed by atoms with Crippen molar-refractivity contribution in [1.29, 1.82) is 0 Å². The maximum atomic E-state index is 12.8. The number of carbonyl (C=O) groups excluding carboxylic acids is 1. The van der Waals surface area contributed by atoms with E-state index in [0.29, 0.717) is 24.7 Å². The third-order valence-electron chi connectivity index (χ3n) is 4.98. The molecule has 140 valence electrons. The Labute approximate surface area is 162 Å². The van der Waals surface area contributed by atoms with Crippen molar-refractivity contribution in [2.24, 2.45) is 0 Å². The summed E-state index contributed by atoms with van der Waals surface area (Å²) in [6.07, 6.45) is 1.63. The number of nitrogens with zero attached hydrogens (tertiary/aromatic N) is 4. The van der Waals surface area contributed by atoms with E-state index >= 15 is 0 Å². The molecule has 4 rings (SSSR count). The van der Waals surface area contributed by atoms with E-state index in [9.17, 15) is 4.79 Å². The third-order valence-corrected chi connectivity index (χ3v) is 5.53. The molecule has 0 saturated carbocycles. The number of aryl methyl sites for hydroxylation is 1. The minimum Gasteiger partial charge on any atom is -0.368 e. The van der Waals surface area contributed by atoms with Crippen LogP contribution in [0.1, 0.15) is 23.2 Å². The molecule has 1 aliphatic rings. The lowest BCUT2D eigenvalue weighted by Crippen LogP contribution is -2.44. The monoisotopic (exact) mass is 384 g/mol. The van der Waals surface area contributed by atoms with Crippen molar-refractivity contribution in [3.63, 3.8) is 0 Å². The first-order valence-corrected chi connectivity index (χ1v) is 9.34. The largest absolute Gasteiger partial charge is 0.368 e. The maximum Gasteiger partial charge on any atom is 0.244 e. The molecule has 6 nitrogen and oxygen atoms in total. The number of aromatic nitrogens is 3. The van der Waals surface area contributed by atoms with Crippen LogP contribution in [0.25, 0.3) is 10.8 Å². The number of benzene rings is 1. The van der Waals surface area contributed by atoms with Gasteiger partial charge in [-0.05, 0) is 25.3 Å². The summed E-state index contributed by atoms with van der Waals surface area (Å²) in [7, 11) is 0. The first-order chi connectivity index (χ1) is 13.0. The minimum absolute atomic E-state index is 0.00589. The molecular formula is C20H21ClN4O2. The number of hydrogen-bond acceptors (Lipinski definition) is 4. The molecule has 7 heteroatoms. The smallest absolute Gasteiger partial charge is 0.244 e. The van der Waals surface area contributed by atoms with Crippen molar-refractivity contribution in [2.45, 2.75) is 26.5 Å². The predicted molar refractivity (Wildman–Crippen MR) is 104 cm³/mol. The van der Waals surface area contributed by atoms with Gasteiger partial charge in [-0.2, -0.15) is 5.10 Å². The summed E-state index contributed by atoms with van der Waals surface area (Å²) in [6, 6.07) is 10.1. The number of amides is 1. The highest BCUT2D eigenvalue weighted by Gasteiger charge is 2.27. The van der Waals surface area contributed by atoms with E-state index < -0.39 is 0 Å². The summed E-state index contributed by atoms with van der Waals surface area (Å²) in [5.41, 5.74) is 2.39. The van der Waals surface area contributed by atoms with Crippen LogP contribution >= 0.6 is 11.6 Å². The van der Waals surface area contributed by atoms with Gasteiger partial charge in [0.2, 0.25) is 5.91 Å². The highest BCUT2D eigenvalue weighted by molar-refractivity contribution is 6.31. The van der Waals surface area contributed by atoms with Gasteiger partial charge in [0.15, 0.2) is 0 Å². The Morgan fingerprint density at radius 2 is 2.07 bits per heavy atom. The van der Waals surface area contributed by atoms with E-state index in [-0.39, 0.29) is 18.6 Å². The van der Waals surface area contributed by atoms with Gasteiger partial charge < -0.3 is 9.64 Å². The Bertz CT molecular complexity index is 1000. The average Bonchev–Trinajstić information content (AvgIpc) is 2.94. The van der Waals surface area contributed by atoms with Gasteiger partial charge in [-0.1, -0.05) is 35.9 Å². The van der Waals surface area contributed by atoms with Gasteiger partial charge in [-0.25, -0.2) is 0 Å². The maximum absolute atomic E-state index is 12.8. The van der Waals surface area contributed by atoms with Gasteiger partial charge in [0.25, 0.3) is 0 Å². The van der Waals surface area contributed by atoms with E-state index in [1.54, 1.807) is 4.68 Å². The van der Waals surface area contributed by atoms with Crippen molar-refractivity contribution in [3.8, 4) is 0 Å². The third kappa shape index (κ3) is 3.55. The fourth-order valence-corrected chi connectivity index (χ4v) is 3.52. The van der Waals surface area contributed by atoms with Crippen molar-refractivity contribution < 1.29 is 9.53 Å². The molecule has 1 saturated heterocycles. The highest BCUT2D eigenvalue weighted by Crippen LogP contribution is 2.24. The van der Waals surface area contributed by atoms with Crippen LogP contribution < -0.4 is 0 Å². The number of fused-ring (bicyclic) bond motifs is 1. The molecule has 0 N–H and O–H groups in total. The summed E-state index contributed by atoms with van der Waals surface area (Å²) in [5, 5.41) is 7.17. The Balaban J connectivity index is 1.49. The van der Waals surface area contributed by atoms with E-state index in [2.05, 4.69) is 16.1 Å². The molecule has 0 radical (unpaired) electrons. The zero-order chi connectivity index (χ0) is 19.0. The summed E-state index contributed by atoms with van der Waals surface area (Å²) >= 11 is 6.18. The summed E-state index contributed by atoms with van der Waals surface area (Å²) in [4.78, 5) is 19.1. The zero-order valence-corrected chi connectivity index (χ0v) is 16.1. The summed E-state index contributed by atoms with van der Waals surface area (Å²) in [6.45, 7) is 5.43. The molecule has 1 amide bonds. The van der Waals surface area contributed by atoms with Gasteiger partial charge >= 0.3 is 0 Å². The van der Waals surface area contributed by atoms with Gasteiger partial charge in [-0.3, -0.25) is 14.5 Å².